The Balaban J connectivity index is 1.64. The molecule has 0 amide bonds. The van der Waals surface area contributed by atoms with Gasteiger partial charge >= 0.3 is 0 Å². The van der Waals surface area contributed by atoms with E-state index in [0.29, 0.717) is 5.92 Å². The number of fused-ring (bicyclic) bond motifs is 1. The van der Waals surface area contributed by atoms with Crippen LogP contribution < -0.4 is 4.90 Å². The largest absolute Gasteiger partial charge is 0.371 e. The van der Waals surface area contributed by atoms with Crippen LogP contribution in [-0.4, -0.2) is 23.1 Å². The zero-order chi connectivity index (χ0) is 13.4. The minimum Gasteiger partial charge on any atom is -0.371 e. The Morgan fingerprint density at radius 2 is 1.80 bits per heavy atom. The Morgan fingerprint density at radius 1 is 1.00 bits per heavy atom. The van der Waals surface area contributed by atoms with Crippen molar-refractivity contribution in [2.24, 2.45) is 0 Å². The van der Waals surface area contributed by atoms with Gasteiger partial charge in [-0.2, -0.15) is 0 Å². The van der Waals surface area contributed by atoms with Gasteiger partial charge in [-0.1, -0.05) is 19.3 Å². The lowest BCUT2D eigenvalue weighted by atomic mass is 9.89. The summed E-state index contributed by atoms with van der Waals surface area (Å²) in [5.41, 5.74) is 3.71. The van der Waals surface area contributed by atoms with E-state index < -0.39 is 0 Å². The van der Waals surface area contributed by atoms with E-state index in [1.165, 1.54) is 75.1 Å². The molecule has 0 spiro atoms. The van der Waals surface area contributed by atoms with Gasteiger partial charge in [-0.3, -0.25) is 0 Å². The van der Waals surface area contributed by atoms with Crippen LogP contribution in [0.5, 0.6) is 0 Å². The van der Waals surface area contributed by atoms with E-state index in [2.05, 4.69) is 28.1 Å². The minimum atomic E-state index is 0.659. The molecule has 2 heterocycles. The highest BCUT2D eigenvalue weighted by Crippen LogP contribution is 2.32. The minimum absolute atomic E-state index is 0.659. The number of hydrogen-bond acceptors (Lipinski definition) is 2. The smallest absolute Gasteiger partial charge is 0.110 e. The number of hydrogen-bond donors (Lipinski definition) is 1. The fourth-order valence-electron chi connectivity index (χ4n) is 3.76. The second-order valence-electron chi connectivity index (χ2n) is 6.35. The average molecular weight is 269 g/mol. The third-order valence-electron chi connectivity index (χ3n) is 4.95. The van der Waals surface area contributed by atoms with Crippen molar-refractivity contribution in [2.75, 3.05) is 18.0 Å². The van der Waals surface area contributed by atoms with Crippen molar-refractivity contribution in [2.45, 2.75) is 50.9 Å². The van der Waals surface area contributed by atoms with Crippen LogP contribution in [-0.2, 0) is 0 Å². The van der Waals surface area contributed by atoms with Crippen LogP contribution in [0.1, 0.15) is 56.7 Å². The first-order valence-electron chi connectivity index (χ1n) is 8.15. The van der Waals surface area contributed by atoms with Crippen LogP contribution in [0.4, 0.5) is 5.69 Å². The summed E-state index contributed by atoms with van der Waals surface area (Å²) in [5, 5.41) is 0. The summed E-state index contributed by atoms with van der Waals surface area (Å²) in [6.45, 7) is 2.41. The highest BCUT2D eigenvalue weighted by molar-refractivity contribution is 5.79. The average Bonchev–Trinajstić information content (AvgIpc) is 3.16. The molecule has 1 aromatic heterocycles. The Morgan fingerprint density at radius 3 is 2.60 bits per heavy atom. The highest BCUT2D eigenvalue weighted by Gasteiger charge is 2.19. The lowest BCUT2D eigenvalue weighted by Crippen LogP contribution is -2.17. The van der Waals surface area contributed by atoms with Crippen LogP contribution in [0.3, 0.4) is 0 Å². The van der Waals surface area contributed by atoms with Crippen molar-refractivity contribution < 1.29 is 0 Å². The molecule has 1 aliphatic carbocycles. The Hall–Kier alpha value is -1.51. The van der Waals surface area contributed by atoms with Crippen molar-refractivity contribution >= 4 is 16.7 Å². The van der Waals surface area contributed by atoms with E-state index in [0.717, 1.165) is 5.52 Å². The van der Waals surface area contributed by atoms with Crippen molar-refractivity contribution in [3.05, 3.63) is 24.0 Å². The first-order valence-corrected chi connectivity index (χ1v) is 8.15. The predicted octanol–water partition coefficient (Wildman–Crippen LogP) is 4.21. The fraction of sp³-hybridized carbons (Fsp3) is 0.588. The van der Waals surface area contributed by atoms with Crippen molar-refractivity contribution in [3.63, 3.8) is 0 Å². The second-order valence-corrected chi connectivity index (χ2v) is 6.35. The third-order valence-corrected chi connectivity index (χ3v) is 4.95. The molecule has 2 aromatic rings. The van der Waals surface area contributed by atoms with Gasteiger partial charge in [-0.25, -0.2) is 4.98 Å². The van der Waals surface area contributed by atoms with Gasteiger partial charge in [-0.15, -0.1) is 0 Å². The molecule has 0 atom stereocenters. The zero-order valence-corrected chi connectivity index (χ0v) is 12.1. The van der Waals surface area contributed by atoms with Crippen molar-refractivity contribution in [3.8, 4) is 0 Å². The maximum atomic E-state index is 4.83. The molecule has 106 valence electrons. The summed E-state index contributed by atoms with van der Waals surface area (Å²) in [4.78, 5) is 10.9. The molecular weight excluding hydrogens is 246 g/mol. The molecule has 1 N–H and O–H groups in total. The molecule has 20 heavy (non-hydrogen) atoms. The number of imidazole rings is 1. The summed E-state index contributed by atoms with van der Waals surface area (Å²) in [6, 6.07) is 6.71. The van der Waals surface area contributed by atoms with Gasteiger partial charge < -0.3 is 9.88 Å². The van der Waals surface area contributed by atoms with Gasteiger partial charge in [-0.05, 0) is 43.9 Å². The number of aromatic amines is 1. The molecule has 1 aliphatic heterocycles. The molecule has 3 nitrogen and oxygen atoms in total. The quantitative estimate of drug-likeness (QED) is 0.885. The summed E-state index contributed by atoms with van der Waals surface area (Å²) in [7, 11) is 0. The molecular formula is C17H23N3. The van der Waals surface area contributed by atoms with E-state index in [1.54, 1.807) is 0 Å². The molecule has 1 saturated heterocycles. The normalized spacial score (nSPS) is 20.9. The zero-order valence-electron chi connectivity index (χ0n) is 12.1. The topological polar surface area (TPSA) is 31.9 Å². The number of H-pyrrole nitrogens is 1. The third kappa shape index (κ3) is 2.19. The number of rotatable bonds is 2. The van der Waals surface area contributed by atoms with Gasteiger partial charge in [0, 0.05) is 24.7 Å². The Bertz CT molecular complexity index is 589. The number of benzene rings is 1. The summed E-state index contributed by atoms with van der Waals surface area (Å²) in [6.07, 6.45) is 9.39. The van der Waals surface area contributed by atoms with Gasteiger partial charge in [0.15, 0.2) is 0 Å². The van der Waals surface area contributed by atoms with Gasteiger partial charge in [0.2, 0.25) is 0 Å². The molecule has 2 aliphatic rings. The lowest BCUT2D eigenvalue weighted by Gasteiger charge is -2.19. The summed E-state index contributed by atoms with van der Waals surface area (Å²) >= 11 is 0. The van der Waals surface area contributed by atoms with Gasteiger partial charge in [0.1, 0.15) is 5.82 Å². The molecule has 1 aromatic carbocycles. The predicted molar refractivity (Wildman–Crippen MR) is 83.4 cm³/mol. The molecule has 0 radical (unpaired) electrons. The molecule has 4 rings (SSSR count). The van der Waals surface area contributed by atoms with Crippen molar-refractivity contribution in [1.29, 1.82) is 0 Å². The molecule has 2 fully saturated rings. The standard InChI is InChI=1S/C17H23N3/c1-2-6-13(7-3-1)17-18-15-9-8-14(12-16(15)19-17)20-10-4-5-11-20/h8-9,12-13H,1-7,10-11H2,(H,18,19). The van der Waals surface area contributed by atoms with Crippen LogP contribution in [0, 0.1) is 0 Å². The molecule has 0 bridgehead atoms. The number of nitrogens with one attached hydrogen (secondary N) is 1. The monoisotopic (exact) mass is 269 g/mol. The van der Waals surface area contributed by atoms with Crippen molar-refractivity contribution in [1.82, 2.24) is 9.97 Å². The Labute approximate surface area is 120 Å². The van der Waals surface area contributed by atoms with E-state index in [9.17, 15) is 0 Å². The first-order chi connectivity index (χ1) is 9.90. The fourth-order valence-corrected chi connectivity index (χ4v) is 3.76. The van der Waals surface area contributed by atoms with E-state index in [4.69, 9.17) is 4.98 Å². The van der Waals surface area contributed by atoms with Crippen LogP contribution >= 0.6 is 0 Å². The SMILES string of the molecule is c1cc2nc(C3CCCCC3)[nH]c2cc1N1CCCC1. The maximum absolute atomic E-state index is 4.83. The van der Waals surface area contributed by atoms with E-state index >= 15 is 0 Å². The highest BCUT2D eigenvalue weighted by atomic mass is 15.1. The van der Waals surface area contributed by atoms with Crippen LogP contribution in [0.25, 0.3) is 11.0 Å². The van der Waals surface area contributed by atoms with Gasteiger partial charge in [0.05, 0.1) is 11.0 Å². The summed E-state index contributed by atoms with van der Waals surface area (Å²) in [5.74, 6) is 1.88. The summed E-state index contributed by atoms with van der Waals surface area (Å²) < 4.78 is 0. The molecule has 0 unspecified atom stereocenters. The van der Waals surface area contributed by atoms with Gasteiger partial charge in [0.25, 0.3) is 0 Å². The van der Waals surface area contributed by atoms with E-state index in [-0.39, 0.29) is 0 Å². The molecule has 3 heteroatoms. The number of aromatic nitrogens is 2. The first kappa shape index (κ1) is 12.2. The van der Waals surface area contributed by atoms with Crippen LogP contribution in [0.15, 0.2) is 18.2 Å². The lowest BCUT2D eigenvalue weighted by molar-refractivity contribution is 0.431. The molecule has 1 saturated carbocycles. The second kappa shape index (κ2) is 5.12. The van der Waals surface area contributed by atoms with Crippen LogP contribution in [0.2, 0.25) is 0 Å². The maximum Gasteiger partial charge on any atom is 0.110 e. The number of nitrogens with zero attached hydrogens (tertiary/aromatic N) is 2. The Kier molecular flexibility index (Phi) is 3.13. The van der Waals surface area contributed by atoms with E-state index in [1.807, 2.05) is 0 Å². The number of anilines is 1.